The Morgan fingerprint density at radius 2 is 1.28 bits per heavy atom. The molecule has 0 radical (unpaired) electrons. The van der Waals surface area contributed by atoms with E-state index in [4.69, 9.17) is 10.7 Å². The van der Waals surface area contributed by atoms with E-state index in [9.17, 15) is 0 Å². The molecule has 0 spiro atoms. The van der Waals surface area contributed by atoms with Crippen LogP contribution >= 0.6 is 0 Å². The predicted molar refractivity (Wildman–Crippen MR) is 113 cm³/mol. The molecule has 2 nitrogen and oxygen atoms in total. The van der Waals surface area contributed by atoms with Crippen LogP contribution in [0, 0.1) is 17.8 Å². The lowest BCUT2D eigenvalue weighted by atomic mass is 9.82. The van der Waals surface area contributed by atoms with Crippen LogP contribution in [-0.4, -0.2) is 12.1 Å². The molecule has 146 valence electrons. The minimum absolute atomic E-state index is 0.401. The Morgan fingerprint density at radius 1 is 0.720 bits per heavy atom. The molecule has 0 aromatic heterocycles. The van der Waals surface area contributed by atoms with E-state index in [0.717, 1.165) is 12.3 Å². The Kier molecular flexibility index (Phi) is 19.5. The molecule has 3 heteroatoms. The summed E-state index contributed by atoms with van der Waals surface area (Å²) in [4.78, 5) is 0. The van der Waals surface area contributed by atoms with Crippen LogP contribution in [0.15, 0.2) is 0 Å². The number of hydrogen-bond donors (Lipinski definition) is 2. The highest BCUT2D eigenvalue weighted by Crippen LogP contribution is 2.22. The molecule has 0 aliphatic heterocycles. The van der Waals surface area contributed by atoms with Gasteiger partial charge in [-0.1, -0.05) is 104 Å². The molecule has 0 amide bonds. The van der Waals surface area contributed by atoms with Gasteiger partial charge in [-0.3, -0.25) is 0 Å². The van der Waals surface area contributed by atoms with Crippen LogP contribution in [0.25, 0.3) is 0 Å². The van der Waals surface area contributed by atoms with Gasteiger partial charge in [0, 0.05) is 12.7 Å². The summed E-state index contributed by atoms with van der Waals surface area (Å²) in [6, 6.07) is 0. The highest BCUT2D eigenvalue weighted by atomic mass is 16.2. The van der Waals surface area contributed by atoms with E-state index in [1.165, 1.54) is 96.3 Å². The van der Waals surface area contributed by atoms with Gasteiger partial charge in [0.2, 0.25) is 0 Å². The molecule has 0 aromatic rings. The molecule has 0 fully saturated rings. The standard InChI is InChI=1S/C22H44BNO/c1-3-5-15-19-22(18-4-2)20-16-13-11-9-7-6-8-10-12-14-17-21-23(24)25/h22,25H,3-13,15-16,18-21,24H2,1-2H3. The first kappa shape index (κ1) is 24.5. The van der Waals surface area contributed by atoms with Crippen molar-refractivity contribution in [1.29, 1.82) is 0 Å². The minimum Gasteiger partial charge on any atom is -0.437 e. The van der Waals surface area contributed by atoms with Crippen LogP contribution in [0.2, 0.25) is 6.32 Å². The van der Waals surface area contributed by atoms with Gasteiger partial charge in [-0.25, -0.2) is 0 Å². The first-order valence-electron chi connectivity index (χ1n) is 11.1. The molecule has 0 aliphatic carbocycles. The first-order chi connectivity index (χ1) is 12.2. The van der Waals surface area contributed by atoms with Gasteiger partial charge >= 0.3 is 7.05 Å². The second kappa shape index (κ2) is 19.9. The van der Waals surface area contributed by atoms with Gasteiger partial charge in [0.1, 0.15) is 0 Å². The fourth-order valence-corrected chi connectivity index (χ4v) is 3.50. The number of hydrogen-bond acceptors (Lipinski definition) is 2. The smallest absolute Gasteiger partial charge is 0.386 e. The fraction of sp³-hybridized carbons (Fsp3) is 0.909. The summed E-state index contributed by atoms with van der Waals surface area (Å²) in [5.74, 6) is 7.00. The van der Waals surface area contributed by atoms with Crippen molar-refractivity contribution in [1.82, 2.24) is 0 Å². The normalized spacial score (nSPS) is 11.8. The molecule has 0 saturated carbocycles. The summed E-state index contributed by atoms with van der Waals surface area (Å²) in [6.07, 6.45) is 22.2. The SMILES string of the molecule is CCCCCC(CCC)CCCCCCCCCCC#CCB(N)O. The number of nitrogens with two attached hydrogens (primary N) is 1. The Balaban J connectivity index is 3.37. The summed E-state index contributed by atoms with van der Waals surface area (Å²) in [5, 5.41) is 8.89. The molecule has 0 heterocycles. The third-order valence-corrected chi connectivity index (χ3v) is 5.01. The van der Waals surface area contributed by atoms with Crippen LogP contribution in [0.3, 0.4) is 0 Å². The van der Waals surface area contributed by atoms with Crippen molar-refractivity contribution < 1.29 is 5.02 Å². The molecular formula is C22H44BNO. The molecule has 1 atom stereocenters. The average molecular weight is 349 g/mol. The largest absolute Gasteiger partial charge is 0.437 e. The maximum Gasteiger partial charge on any atom is 0.386 e. The van der Waals surface area contributed by atoms with Crippen LogP contribution in [0.4, 0.5) is 0 Å². The van der Waals surface area contributed by atoms with Crippen molar-refractivity contribution in [2.75, 3.05) is 0 Å². The monoisotopic (exact) mass is 349 g/mol. The summed E-state index contributed by atoms with van der Waals surface area (Å²) in [5.41, 5.74) is 5.23. The predicted octanol–water partition coefficient (Wildman–Crippen LogP) is 6.33. The molecule has 0 rings (SSSR count). The Bertz CT molecular complexity index is 322. The molecule has 0 saturated heterocycles. The Morgan fingerprint density at radius 3 is 1.84 bits per heavy atom. The highest BCUT2D eigenvalue weighted by Gasteiger charge is 2.07. The lowest BCUT2D eigenvalue weighted by Gasteiger charge is -2.15. The minimum atomic E-state index is -0.777. The van der Waals surface area contributed by atoms with Crippen LogP contribution < -0.4 is 5.64 Å². The zero-order valence-corrected chi connectivity index (χ0v) is 17.2. The number of unbranched alkanes of at least 4 members (excludes halogenated alkanes) is 10. The lowest BCUT2D eigenvalue weighted by Crippen LogP contribution is -2.23. The topological polar surface area (TPSA) is 46.2 Å². The summed E-state index contributed by atoms with van der Waals surface area (Å²) >= 11 is 0. The van der Waals surface area contributed by atoms with Gasteiger partial charge in [-0.2, -0.15) is 0 Å². The molecule has 0 bridgehead atoms. The first-order valence-corrected chi connectivity index (χ1v) is 11.1. The van der Waals surface area contributed by atoms with Crippen molar-refractivity contribution in [2.45, 2.75) is 123 Å². The van der Waals surface area contributed by atoms with E-state index in [1.54, 1.807) is 0 Å². The van der Waals surface area contributed by atoms with Crippen molar-refractivity contribution >= 4 is 7.05 Å². The van der Waals surface area contributed by atoms with Crippen molar-refractivity contribution in [2.24, 2.45) is 11.6 Å². The van der Waals surface area contributed by atoms with Crippen LogP contribution in [-0.2, 0) is 0 Å². The summed E-state index contributed by atoms with van der Waals surface area (Å²) in [7, 11) is -0.777. The van der Waals surface area contributed by atoms with Gasteiger partial charge < -0.3 is 10.7 Å². The molecule has 0 aromatic carbocycles. The average Bonchev–Trinajstić information content (AvgIpc) is 2.58. The Labute approximate surface area is 158 Å². The van der Waals surface area contributed by atoms with E-state index >= 15 is 0 Å². The lowest BCUT2D eigenvalue weighted by molar-refractivity contribution is 0.380. The van der Waals surface area contributed by atoms with E-state index in [0.29, 0.717) is 6.32 Å². The van der Waals surface area contributed by atoms with Crippen LogP contribution in [0.5, 0.6) is 0 Å². The zero-order valence-electron chi connectivity index (χ0n) is 17.2. The number of rotatable bonds is 17. The maximum absolute atomic E-state index is 8.89. The maximum atomic E-state index is 8.89. The van der Waals surface area contributed by atoms with E-state index in [1.807, 2.05) is 0 Å². The van der Waals surface area contributed by atoms with E-state index in [2.05, 4.69) is 25.7 Å². The third-order valence-electron chi connectivity index (χ3n) is 5.01. The van der Waals surface area contributed by atoms with Gasteiger partial charge in [-0.15, -0.1) is 11.8 Å². The van der Waals surface area contributed by atoms with Gasteiger partial charge in [0.25, 0.3) is 0 Å². The fourth-order valence-electron chi connectivity index (χ4n) is 3.50. The molecule has 3 N–H and O–H groups in total. The van der Waals surface area contributed by atoms with Gasteiger partial charge in [0.15, 0.2) is 0 Å². The van der Waals surface area contributed by atoms with E-state index < -0.39 is 7.05 Å². The van der Waals surface area contributed by atoms with Gasteiger partial charge in [-0.05, 0) is 12.3 Å². The van der Waals surface area contributed by atoms with Crippen LogP contribution in [0.1, 0.15) is 117 Å². The molecular weight excluding hydrogens is 305 g/mol. The molecule has 0 aliphatic rings. The van der Waals surface area contributed by atoms with Crippen molar-refractivity contribution in [3.05, 3.63) is 0 Å². The molecule has 1 unspecified atom stereocenters. The molecule has 25 heavy (non-hydrogen) atoms. The second-order valence-electron chi connectivity index (χ2n) is 7.64. The van der Waals surface area contributed by atoms with Gasteiger partial charge in [0.05, 0.1) is 0 Å². The van der Waals surface area contributed by atoms with Crippen molar-refractivity contribution in [3.63, 3.8) is 0 Å². The zero-order chi connectivity index (χ0) is 18.6. The summed E-state index contributed by atoms with van der Waals surface area (Å²) < 4.78 is 0. The van der Waals surface area contributed by atoms with Crippen molar-refractivity contribution in [3.8, 4) is 11.8 Å². The quantitative estimate of drug-likeness (QED) is 0.183. The highest BCUT2D eigenvalue weighted by molar-refractivity contribution is 6.47. The van der Waals surface area contributed by atoms with E-state index in [-0.39, 0.29) is 0 Å². The third kappa shape index (κ3) is 19.7. The Hall–Kier alpha value is -0.455. The summed E-state index contributed by atoms with van der Waals surface area (Å²) in [6.45, 7) is 4.63. The second-order valence-corrected chi connectivity index (χ2v) is 7.64.